The summed E-state index contributed by atoms with van der Waals surface area (Å²) in [7, 11) is 3.59. The molecule has 1 heterocycles. The lowest BCUT2D eigenvalue weighted by Crippen LogP contribution is -2.31. The smallest absolute Gasteiger partial charge is 0.226 e. The Kier molecular flexibility index (Phi) is 5.17. The third-order valence-electron chi connectivity index (χ3n) is 6.68. The van der Waals surface area contributed by atoms with Gasteiger partial charge >= 0.3 is 0 Å². The summed E-state index contributed by atoms with van der Waals surface area (Å²) < 4.78 is 7.57. The zero-order valence-electron chi connectivity index (χ0n) is 18.6. The Balaban J connectivity index is 1.30. The molecule has 1 aliphatic carbocycles. The van der Waals surface area contributed by atoms with Gasteiger partial charge in [-0.2, -0.15) is 0 Å². The summed E-state index contributed by atoms with van der Waals surface area (Å²) in [5, 5.41) is 0. The maximum atomic E-state index is 13.2. The van der Waals surface area contributed by atoms with Crippen LogP contribution < -0.4 is 4.74 Å². The number of fused-ring (bicyclic) bond motifs is 1. The highest BCUT2D eigenvalue weighted by Gasteiger charge is 2.47. The van der Waals surface area contributed by atoms with Crippen LogP contribution in [0.15, 0.2) is 79.1 Å². The Bertz CT molecular complexity index is 1260. The number of carbonyl (C=O) groups excluding carboxylic acids is 1. The predicted molar refractivity (Wildman–Crippen MR) is 126 cm³/mol. The fourth-order valence-corrected chi connectivity index (χ4v) is 4.54. The fourth-order valence-electron chi connectivity index (χ4n) is 4.54. The monoisotopic (exact) mass is 425 g/mol. The zero-order valence-corrected chi connectivity index (χ0v) is 18.6. The van der Waals surface area contributed by atoms with Crippen LogP contribution in [0.1, 0.15) is 36.4 Å². The summed E-state index contributed by atoms with van der Waals surface area (Å²) in [5.41, 5.74) is 5.36. The summed E-state index contributed by atoms with van der Waals surface area (Å²) in [4.78, 5) is 19.5. The molecule has 0 bridgehead atoms. The largest absolute Gasteiger partial charge is 0.496 e. The number of nitrogens with zero attached hydrogens (tertiary/aromatic N) is 3. The average molecular weight is 426 g/mol. The number of hydrogen-bond acceptors (Lipinski definition) is 3. The quantitative estimate of drug-likeness (QED) is 0.418. The van der Waals surface area contributed by atoms with Crippen LogP contribution in [0, 0.1) is 5.92 Å². The first-order chi connectivity index (χ1) is 15.6. The molecular formula is C27H27N3O2. The van der Waals surface area contributed by atoms with E-state index in [1.165, 1.54) is 0 Å². The van der Waals surface area contributed by atoms with Gasteiger partial charge in [-0.1, -0.05) is 42.5 Å². The molecule has 5 rings (SSSR count). The summed E-state index contributed by atoms with van der Waals surface area (Å²) in [6.07, 6.45) is 2.73. The Labute approximate surface area is 188 Å². The number of rotatable bonds is 6. The molecule has 1 amide bonds. The van der Waals surface area contributed by atoms with Crippen molar-refractivity contribution in [2.75, 3.05) is 14.2 Å². The van der Waals surface area contributed by atoms with Crippen molar-refractivity contribution < 1.29 is 9.53 Å². The molecule has 0 N–H and O–H groups in total. The van der Waals surface area contributed by atoms with Gasteiger partial charge in [0.15, 0.2) is 0 Å². The standard InChI is InChI=1S/C27H27N3O2/c1-18(29(2)27(31)23-16-22(23)21-8-4-7-11-26(21)32-3)19-12-14-20(15-13-19)30-17-28-24-9-5-6-10-25(24)30/h4-15,17-18,22-23H,16H2,1-3H3. The number of aromatic nitrogens is 2. The normalized spacial score (nSPS) is 18.3. The second-order valence-corrected chi connectivity index (χ2v) is 8.51. The van der Waals surface area contributed by atoms with Gasteiger partial charge in [0, 0.05) is 18.7 Å². The van der Waals surface area contributed by atoms with Crippen molar-refractivity contribution in [3.63, 3.8) is 0 Å². The zero-order chi connectivity index (χ0) is 22.2. The van der Waals surface area contributed by atoms with Crippen molar-refractivity contribution in [3.05, 3.63) is 90.3 Å². The molecule has 1 saturated carbocycles. The molecule has 0 radical (unpaired) electrons. The van der Waals surface area contributed by atoms with Gasteiger partial charge in [-0.3, -0.25) is 9.36 Å². The number of carbonyl (C=O) groups is 1. The summed E-state index contributed by atoms with van der Waals surface area (Å²) in [6.45, 7) is 2.08. The van der Waals surface area contributed by atoms with E-state index in [1.54, 1.807) is 7.11 Å². The van der Waals surface area contributed by atoms with Crippen molar-refractivity contribution in [2.24, 2.45) is 5.92 Å². The number of hydrogen-bond donors (Lipinski definition) is 0. The van der Waals surface area contributed by atoms with Crippen molar-refractivity contribution >= 4 is 16.9 Å². The first-order valence-corrected chi connectivity index (χ1v) is 11.0. The van der Waals surface area contributed by atoms with Crippen LogP contribution in [0.3, 0.4) is 0 Å². The molecule has 1 aromatic heterocycles. The minimum Gasteiger partial charge on any atom is -0.496 e. The molecule has 5 nitrogen and oxygen atoms in total. The molecule has 0 saturated heterocycles. The number of para-hydroxylation sites is 3. The molecule has 4 aromatic rings. The highest BCUT2D eigenvalue weighted by atomic mass is 16.5. The molecule has 1 fully saturated rings. The molecular weight excluding hydrogens is 398 g/mol. The maximum Gasteiger partial charge on any atom is 0.226 e. The van der Waals surface area contributed by atoms with Crippen molar-refractivity contribution in [1.82, 2.24) is 14.5 Å². The van der Waals surface area contributed by atoms with Crippen LogP contribution in [-0.4, -0.2) is 34.5 Å². The van der Waals surface area contributed by atoms with E-state index in [1.807, 2.05) is 54.7 Å². The number of amides is 1. The lowest BCUT2D eigenvalue weighted by atomic mass is 10.0. The Hall–Kier alpha value is -3.60. The summed E-state index contributed by atoms with van der Waals surface area (Å²) >= 11 is 0. The van der Waals surface area contributed by atoms with Gasteiger partial charge < -0.3 is 9.64 Å². The van der Waals surface area contributed by atoms with Crippen LogP contribution in [0.2, 0.25) is 0 Å². The minimum absolute atomic E-state index is 0.00463. The number of methoxy groups -OCH3 is 1. The number of imidazole rings is 1. The van der Waals surface area contributed by atoms with Gasteiger partial charge in [0.2, 0.25) is 5.91 Å². The third kappa shape index (κ3) is 3.54. The molecule has 0 spiro atoms. The van der Waals surface area contributed by atoms with Crippen molar-refractivity contribution in [1.29, 1.82) is 0 Å². The highest BCUT2D eigenvalue weighted by Crippen LogP contribution is 2.51. The first-order valence-electron chi connectivity index (χ1n) is 11.0. The van der Waals surface area contributed by atoms with Crippen LogP contribution in [-0.2, 0) is 4.79 Å². The minimum atomic E-state index is -0.00463. The van der Waals surface area contributed by atoms with Crippen molar-refractivity contribution in [3.8, 4) is 11.4 Å². The van der Waals surface area contributed by atoms with Crippen molar-refractivity contribution in [2.45, 2.75) is 25.3 Å². The van der Waals surface area contributed by atoms with E-state index in [9.17, 15) is 4.79 Å². The van der Waals surface area contributed by atoms with E-state index in [4.69, 9.17) is 4.74 Å². The van der Waals surface area contributed by atoms with E-state index in [2.05, 4.69) is 52.9 Å². The molecule has 5 heteroatoms. The number of ether oxygens (including phenoxy) is 1. The van der Waals surface area contributed by atoms with E-state index >= 15 is 0 Å². The van der Waals surface area contributed by atoms with Gasteiger partial charge in [-0.05, 0) is 60.7 Å². The lowest BCUT2D eigenvalue weighted by Gasteiger charge is -2.26. The molecule has 3 aromatic carbocycles. The van der Waals surface area contributed by atoms with E-state index in [-0.39, 0.29) is 23.8 Å². The molecule has 32 heavy (non-hydrogen) atoms. The van der Waals surface area contributed by atoms with Gasteiger partial charge in [0.1, 0.15) is 12.1 Å². The molecule has 1 aliphatic rings. The molecule has 3 unspecified atom stereocenters. The third-order valence-corrected chi connectivity index (χ3v) is 6.68. The van der Waals surface area contributed by atoms with Gasteiger partial charge in [0.05, 0.1) is 24.2 Å². The van der Waals surface area contributed by atoms with Crippen LogP contribution in [0.25, 0.3) is 16.7 Å². The molecule has 162 valence electrons. The number of benzene rings is 3. The Morgan fingerprint density at radius 1 is 1.06 bits per heavy atom. The van der Waals surface area contributed by atoms with Gasteiger partial charge in [-0.15, -0.1) is 0 Å². The van der Waals surface area contributed by atoms with Crippen LogP contribution >= 0.6 is 0 Å². The maximum absolute atomic E-state index is 13.2. The molecule has 3 atom stereocenters. The average Bonchev–Trinajstić information content (AvgIpc) is 3.53. The summed E-state index contributed by atoms with van der Waals surface area (Å²) in [5.74, 6) is 1.32. The second-order valence-electron chi connectivity index (χ2n) is 8.51. The lowest BCUT2D eigenvalue weighted by molar-refractivity contribution is -0.133. The fraction of sp³-hybridized carbons (Fsp3) is 0.259. The Morgan fingerprint density at radius 2 is 1.78 bits per heavy atom. The first kappa shape index (κ1) is 20.3. The van der Waals surface area contributed by atoms with Gasteiger partial charge in [0.25, 0.3) is 0 Å². The van der Waals surface area contributed by atoms with Gasteiger partial charge in [-0.25, -0.2) is 4.98 Å². The topological polar surface area (TPSA) is 47.4 Å². The second kappa shape index (κ2) is 8.15. The van der Waals surface area contributed by atoms with E-state index in [0.29, 0.717) is 0 Å². The Morgan fingerprint density at radius 3 is 2.56 bits per heavy atom. The SMILES string of the molecule is COc1ccccc1C1CC1C(=O)N(C)C(C)c1ccc(-n2cnc3ccccc32)cc1. The predicted octanol–water partition coefficient (Wildman–Crippen LogP) is 5.36. The van der Waals surface area contributed by atoms with Crippen LogP contribution in [0.4, 0.5) is 0 Å². The summed E-state index contributed by atoms with van der Waals surface area (Å²) in [6, 6.07) is 24.5. The van der Waals surface area contributed by atoms with E-state index in [0.717, 1.165) is 40.0 Å². The van der Waals surface area contributed by atoms with Crippen LogP contribution in [0.5, 0.6) is 5.75 Å². The molecule has 0 aliphatic heterocycles. The van der Waals surface area contributed by atoms with E-state index < -0.39 is 0 Å². The highest BCUT2D eigenvalue weighted by molar-refractivity contribution is 5.83.